The van der Waals surface area contributed by atoms with Gasteiger partial charge in [0.1, 0.15) is 0 Å². The molecule has 2 rings (SSSR count). The fourth-order valence-corrected chi connectivity index (χ4v) is 2.00. The van der Waals surface area contributed by atoms with Gasteiger partial charge in [-0.2, -0.15) is 8.78 Å². The monoisotopic (exact) mass is 309 g/mol. The molecule has 4 nitrogen and oxygen atoms in total. The van der Waals surface area contributed by atoms with Gasteiger partial charge in [-0.15, -0.1) is 0 Å². The average Bonchev–Trinajstić information content (AvgIpc) is 2.54. The third-order valence-electron chi connectivity index (χ3n) is 3.00. The van der Waals surface area contributed by atoms with Gasteiger partial charge in [-0.3, -0.25) is 0 Å². The van der Waals surface area contributed by atoms with Gasteiger partial charge in [-0.1, -0.05) is 18.2 Å². The van der Waals surface area contributed by atoms with Crippen molar-refractivity contribution in [2.75, 3.05) is 19.5 Å². The molecule has 0 saturated heterocycles. The van der Waals surface area contributed by atoms with Crippen LogP contribution in [0.2, 0.25) is 0 Å². The molecule has 0 bridgehead atoms. The summed E-state index contributed by atoms with van der Waals surface area (Å²) in [6, 6.07) is 12.9. The Morgan fingerprint density at radius 2 is 1.59 bits per heavy atom. The molecule has 0 spiro atoms. The van der Waals surface area contributed by atoms with Crippen molar-refractivity contribution in [3.05, 3.63) is 48.0 Å². The van der Waals surface area contributed by atoms with E-state index >= 15 is 0 Å². The fourth-order valence-electron chi connectivity index (χ4n) is 2.00. The molecule has 22 heavy (non-hydrogen) atoms. The second kappa shape index (κ2) is 7.49. The number of para-hydroxylation sites is 1. The molecular formula is C16H17F2NO3. The first kappa shape index (κ1) is 15.9. The third-order valence-corrected chi connectivity index (χ3v) is 3.00. The minimum atomic E-state index is -2.95. The predicted octanol–water partition coefficient (Wildman–Crippen LogP) is 3.92. The number of methoxy groups -OCH3 is 2. The van der Waals surface area contributed by atoms with Crippen LogP contribution in [0.1, 0.15) is 5.56 Å². The van der Waals surface area contributed by atoms with Crippen LogP contribution in [0, 0.1) is 0 Å². The number of ether oxygens (including phenoxy) is 3. The van der Waals surface area contributed by atoms with E-state index in [1.807, 2.05) is 30.3 Å². The Morgan fingerprint density at radius 1 is 1.00 bits per heavy atom. The average molecular weight is 309 g/mol. The van der Waals surface area contributed by atoms with Crippen molar-refractivity contribution in [2.45, 2.75) is 13.2 Å². The number of rotatable bonds is 7. The molecule has 118 valence electrons. The van der Waals surface area contributed by atoms with Crippen LogP contribution >= 0.6 is 0 Å². The molecular weight excluding hydrogens is 292 g/mol. The second-order valence-corrected chi connectivity index (χ2v) is 4.43. The molecule has 0 aromatic heterocycles. The van der Waals surface area contributed by atoms with Gasteiger partial charge in [0.25, 0.3) is 0 Å². The van der Waals surface area contributed by atoms with Gasteiger partial charge in [0.15, 0.2) is 11.5 Å². The Morgan fingerprint density at radius 3 is 2.09 bits per heavy atom. The molecule has 2 aromatic carbocycles. The maximum atomic E-state index is 12.5. The van der Waals surface area contributed by atoms with E-state index in [0.717, 1.165) is 11.3 Å². The van der Waals surface area contributed by atoms with Crippen molar-refractivity contribution >= 4 is 5.69 Å². The molecule has 0 heterocycles. The molecule has 2 aromatic rings. The number of anilines is 1. The van der Waals surface area contributed by atoms with E-state index in [1.54, 1.807) is 12.1 Å². The fraction of sp³-hybridized carbons (Fsp3) is 0.250. The van der Waals surface area contributed by atoms with Crippen molar-refractivity contribution < 1.29 is 23.0 Å². The zero-order valence-electron chi connectivity index (χ0n) is 12.3. The molecule has 6 heteroatoms. The Balaban J connectivity index is 2.21. The predicted molar refractivity (Wildman–Crippen MR) is 79.9 cm³/mol. The molecule has 0 aliphatic rings. The summed E-state index contributed by atoms with van der Waals surface area (Å²) < 4.78 is 39.7. The smallest absolute Gasteiger partial charge is 0.387 e. The topological polar surface area (TPSA) is 39.7 Å². The highest BCUT2D eigenvalue weighted by molar-refractivity contribution is 5.54. The lowest BCUT2D eigenvalue weighted by Crippen LogP contribution is -2.07. The van der Waals surface area contributed by atoms with E-state index in [2.05, 4.69) is 10.1 Å². The Hall–Kier alpha value is -2.50. The van der Waals surface area contributed by atoms with E-state index in [1.165, 1.54) is 14.2 Å². The number of hydrogen-bond donors (Lipinski definition) is 1. The van der Waals surface area contributed by atoms with Crippen LogP contribution in [0.5, 0.6) is 17.2 Å². The zero-order chi connectivity index (χ0) is 15.9. The van der Waals surface area contributed by atoms with Gasteiger partial charge in [0.05, 0.1) is 14.2 Å². The lowest BCUT2D eigenvalue weighted by atomic mass is 10.1. The highest BCUT2D eigenvalue weighted by Gasteiger charge is 2.18. The molecule has 0 radical (unpaired) electrons. The molecule has 0 unspecified atom stereocenters. The lowest BCUT2D eigenvalue weighted by molar-refractivity contribution is -0.0526. The van der Waals surface area contributed by atoms with E-state index in [0.29, 0.717) is 6.54 Å². The Bertz CT molecular complexity index is 581. The van der Waals surface area contributed by atoms with E-state index in [4.69, 9.17) is 9.47 Å². The van der Waals surface area contributed by atoms with Gasteiger partial charge in [-0.05, 0) is 29.8 Å². The Kier molecular flexibility index (Phi) is 5.41. The summed E-state index contributed by atoms with van der Waals surface area (Å²) in [6.45, 7) is -2.46. The number of nitrogens with one attached hydrogen (secondary N) is 1. The minimum Gasteiger partial charge on any atom is -0.493 e. The standard InChI is InChI=1S/C16H17F2NO3/c1-20-13-8-11(10-19-12-6-4-3-5-7-12)9-14(21-2)15(13)22-16(17)18/h3-9,16,19H,10H2,1-2H3. The summed E-state index contributed by atoms with van der Waals surface area (Å²) in [5, 5.41) is 3.22. The van der Waals surface area contributed by atoms with Gasteiger partial charge < -0.3 is 19.5 Å². The van der Waals surface area contributed by atoms with Gasteiger partial charge in [0.2, 0.25) is 5.75 Å². The molecule has 0 aliphatic carbocycles. The highest BCUT2D eigenvalue weighted by Crippen LogP contribution is 2.39. The van der Waals surface area contributed by atoms with Crippen molar-refractivity contribution in [3.63, 3.8) is 0 Å². The zero-order valence-corrected chi connectivity index (χ0v) is 12.3. The summed E-state index contributed by atoms with van der Waals surface area (Å²) in [6.07, 6.45) is 0. The molecule has 0 fully saturated rings. The number of halogens is 2. The Labute approximate surface area is 127 Å². The summed E-state index contributed by atoms with van der Waals surface area (Å²) in [7, 11) is 2.78. The summed E-state index contributed by atoms with van der Waals surface area (Å²) in [4.78, 5) is 0. The van der Waals surface area contributed by atoms with Crippen LogP contribution in [0.15, 0.2) is 42.5 Å². The van der Waals surface area contributed by atoms with Crippen LogP contribution < -0.4 is 19.5 Å². The van der Waals surface area contributed by atoms with Crippen LogP contribution in [0.3, 0.4) is 0 Å². The van der Waals surface area contributed by atoms with Crippen LogP contribution in [0.4, 0.5) is 14.5 Å². The number of benzene rings is 2. The van der Waals surface area contributed by atoms with Crippen LogP contribution in [0.25, 0.3) is 0 Å². The molecule has 0 saturated carbocycles. The van der Waals surface area contributed by atoms with E-state index < -0.39 is 6.61 Å². The third kappa shape index (κ3) is 4.00. The maximum Gasteiger partial charge on any atom is 0.387 e. The van der Waals surface area contributed by atoms with Crippen LogP contribution in [-0.4, -0.2) is 20.8 Å². The summed E-state index contributed by atoms with van der Waals surface area (Å²) >= 11 is 0. The largest absolute Gasteiger partial charge is 0.493 e. The quantitative estimate of drug-likeness (QED) is 0.841. The summed E-state index contributed by atoms with van der Waals surface area (Å²) in [5.74, 6) is 0.289. The minimum absolute atomic E-state index is 0.108. The van der Waals surface area contributed by atoms with Crippen LogP contribution in [-0.2, 0) is 6.54 Å². The maximum absolute atomic E-state index is 12.5. The lowest BCUT2D eigenvalue weighted by Gasteiger charge is -2.16. The van der Waals surface area contributed by atoms with Gasteiger partial charge in [0, 0.05) is 12.2 Å². The first-order chi connectivity index (χ1) is 10.6. The van der Waals surface area contributed by atoms with Crippen molar-refractivity contribution in [1.82, 2.24) is 0 Å². The van der Waals surface area contributed by atoms with Crippen molar-refractivity contribution in [1.29, 1.82) is 0 Å². The number of alkyl halides is 2. The van der Waals surface area contributed by atoms with E-state index in [-0.39, 0.29) is 17.2 Å². The number of hydrogen-bond acceptors (Lipinski definition) is 4. The highest BCUT2D eigenvalue weighted by atomic mass is 19.3. The molecule has 1 N–H and O–H groups in total. The molecule has 0 atom stereocenters. The SMILES string of the molecule is COc1cc(CNc2ccccc2)cc(OC)c1OC(F)F. The normalized spacial score (nSPS) is 10.4. The first-order valence-electron chi connectivity index (χ1n) is 6.62. The van der Waals surface area contributed by atoms with Gasteiger partial charge in [-0.25, -0.2) is 0 Å². The second-order valence-electron chi connectivity index (χ2n) is 4.43. The van der Waals surface area contributed by atoms with E-state index in [9.17, 15) is 8.78 Å². The summed E-state index contributed by atoms with van der Waals surface area (Å²) in [5.41, 5.74) is 1.77. The molecule has 0 aliphatic heterocycles. The van der Waals surface area contributed by atoms with Crippen molar-refractivity contribution in [2.24, 2.45) is 0 Å². The van der Waals surface area contributed by atoms with Gasteiger partial charge >= 0.3 is 6.61 Å². The molecule has 0 amide bonds. The van der Waals surface area contributed by atoms with Crippen molar-refractivity contribution in [3.8, 4) is 17.2 Å². The first-order valence-corrected chi connectivity index (χ1v) is 6.62.